The zero-order valence-corrected chi connectivity index (χ0v) is 10.6. The first-order chi connectivity index (χ1) is 9.31. The van der Waals surface area contributed by atoms with Crippen LogP contribution in [-0.4, -0.2) is 13.3 Å². The van der Waals surface area contributed by atoms with Gasteiger partial charge in [0.05, 0.1) is 6.21 Å². The summed E-state index contributed by atoms with van der Waals surface area (Å²) in [6, 6.07) is 14.1. The maximum atomic E-state index is 13.5. The van der Waals surface area contributed by atoms with Crippen LogP contribution in [0, 0.1) is 5.82 Å². The van der Waals surface area contributed by atoms with Crippen molar-refractivity contribution in [1.82, 2.24) is 5.43 Å². The van der Waals surface area contributed by atoms with Crippen LogP contribution in [0.4, 0.5) is 4.39 Å². The highest BCUT2D eigenvalue weighted by molar-refractivity contribution is 5.83. The summed E-state index contributed by atoms with van der Waals surface area (Å²) in [5, 5.41) is 3.95. The third kappa shape index (κ3) is 3.55. The first kappa shape index (κ1) is 13.1. The topological polar surface area (TPSA) is 33.6 Å². The maximum Gasteiger partial charge on any atom is 0.129 e. The van der Waals surface area contributed by atoms with E-state index in [-0.39, 0.29) is 12.4 Å². The molecule has 98 valence electrons. The smallest absolute Gasteiger partial charge is 0.129 e. The van der Waals surface area contributed by atoms with Gasteiger partial charge in [0.15, 0.2) is 0 Å². The van der Waals surface area contributed by atoms with Gasteiger partial charge in [-0.25, -0.2) is 4.39 Å². The van der Waals surface area contributed by atoms with Gasteiger partial charge in [-0.3, -0.25) is 0 Å². The lowest BCUT2D eigenvalue weighted by Crippen LogP contribution is -2.01. The lowest BCUT2D eigenvalue weighted by molar-refractivity contribution is 0.299. The highest BCUT2D eigenvalue weighted by Crippen LogP contribution is 2.18. The Morgan fingerprint density at radius 3 is 2.68 bits per heavy atom. The summed E-state index contributed by atoms with van der Waals surface area (Å²) in [6.45, 7) is 0.192. The molecular weight excluding hydrogens is 243 g/mol. The molecule has 0 saturated carbocycles. The number of nitrogens with zero attached hydrogens (tertiary/aromatic N) is 1. The van der Waals surface area contributed by atoms with Crippen LogP contribution in [0.25, 0.3) is 0 Å². The van der Waals surface area contributed by atoms with Gasteiger partial charge < -0.3 is 10.2 Å². The highest BCUT2D eigenvalue weighted by atomic mass is 19.1. The first-order valence-electron chi connectivity index (χ1n) is 5.96. The third-order valence-corrected chi connectivity index (χ3v) is 2.59. The van der Waals surface area contributed by atoms with Gasteiger partial charge in [-0.05, 0) is 18.2 Å². The molecule has 0 heterocycles. The Hall–Kier alpha value is -2.36. The standard InChI is InChI=1S/C15H15FN2O/c1-17-18-10-12-6-3-5-9-15(12)19-11-13-7-2-4-8-14(13)16/h2-10,17H,11H2,1H3/b18-10+. The predicted molar refractivity (Wildman–Crippen MR) is 73.8 cm³/mol. The van der Waals surface area contributed by atoms with Gasteiger partial charge in [0, 0.05) is 18.2 Å². The van der Waals surface area contributed by atoms with Crippen LogP contribution < -0.4 is 10.2 Å². The van der Waals surface area contributed by atoms with Crippen molar-refractivity contribution < 1.29 is 9.13 Å². The molecule has 0 radical (unpaired) electrons. The van der Waals surface area contributed by atoms with Gasteiger partial charge in [-0.2, -0.15) is 5.10 Å². The second-order valence-electron chi connectivity index (χ2n) is 3.90. The molecule has 19 heavy (non-hydrogen) atoms. The molecule has 0 unspecified atom stereocenters. The zero-order chi connectivity index (χ0) is 13.5. The van der Waals surface area contributed by atoms with Crippen LogP contribution in [0.3, 0.4) is 0 Å². The summed E-state index contributed by atoms with van der Waals surface area (Å²) in [6.07, 6.45) is 1.66. The molecule has 0 aliphatic heterocycles. The summed E-state index contributed by atoms with van der Waals surface area (Å²) in [5.41, 5.74) is 4.05. The van der Waals surface area contributed by atoms with Crippen molar-refractivity contribution in [3.63, 3.8) is 0 Å². The van der Waals surface area contributed by atoms with Gasteiger partial charge in [0.1, 0.15) is 18.2 Å². The van der Waals surface area contributed by atoms with E-state index in [4.69, 9.17) is 4.74 Å². The summed E-state index contributed by atoms with van der Waals surface area (Å²) in [5.74, 6) is 0.411. The molecule has 3 nitrogen and oxygen atoms in total. The number of hydrazone groups is 1. The number of ether oxygens (including phenoxy) is 1. The van der Waals surface area contributed by atoms with E-state index >= 15 is 0 Å². The molecule has 0 aromatic heterocycles. The van der Waals surface area contributed by atoms with Crippen LogP contribution in [0.15, 0.2) is 53.6 Å². The average molecular weight is 258 g/mol. The molecule has 0 amide bonds. The Kier molecular flexibility index (Phi) is 4.50. The number of hydrogen-bond donors (Lipinski definition) is 1. The molecule has 2 rings (SSSR count). The van der Waals surface area contributed by atoms with Crippen molar-refractivity contribution in [2.24, 2.45) is 5.10 Å². The average Bonchev–Trinajstić information content (AvgIpc) is 2.45. The van der Waals surface area contributed by atoms with Crippen LogP contribution in [-0.2, 0) is 6.61 Å². The third-order valence-electron chi connectivity index (χ3n) is 2.59. The van der Waals surface area contributed by atoms with E-state index in [0.717, 1.165) is 5.56 Å². The molecule has 0 aliphatic carbocycles. The fourth-order valence-corrected chi connectivity index (χ4v) is 1.62. The maximum absolute atomic E-state index is 13.5. The van der Waals surface area contributed by atoms with Crippen molar-refractivity contribution in [1.29, 1.82) is 0 Å². The highest BCUT2D eigenvalue weighted by Gasteiger charge is 2.04. The first-order valence-corrected chi connectivity index (χ1v) is 5.96. The Bertz CT molecular complexity index is 570. The fourth-order valence-electron chi connectivity index (χ4n) is 1.62. The number of benzene rings is 2. The Balaban J connectivity index is 2.11. The normalized spacial score (nSPS) is 10.6. The van der Waals surface area contributed by atoms with Crippen molar-refractivity contribution in [2.45, 2.75) is 6.61 Å². The Morgan fingerprint density at radius 1 is 1.16 bits per heavy atom. The lowest BCUT2D eigenvalue weighted by Gasteiger charge is -2.09. The summed E-state index contributed by atoms with van der Waals surface area (Å²) < 4.78 is 19.1. The molecule has 0 spiro atoms. The van der Waals surface area contributed by atoms with Crippen molar-refractivity contribution in [3.8, 4) is 5.75 Å². The van der Waals surface area contributed by atoms with Gasteiger partial charge in [-0.1, -0.05) is 30.3 Å². The van der Waals surface area contributed by atoms with E-state index in [0.29, 0.717) is 11.3 Å². The van der Waals surface area contributed by atoms with E-state index in [1.165, 1.54) is 6.07 Å². The minimum absolute atomic E-state index is 0.192. The quantitative estimate of drug-likeness (QED) is 0.660. The summed E-state index contributed by atoms with van der Waals surface area (Å²) in [4.78, 5) is 0. The van der Waals surface area contributed by atoms with E-state index in [1.54, 1.807) is 31.5 Å². The molecule has 2 aromatic rings. The molecule has 0 aliphatic rings. The second-order valence-corrected chi connectivity index (χ2v) is 3.90. The van der Waals surface area contributed by atoms with E-state index in [1.807, 2.05) is 24.3 Å². The van der Waals surface area contributed by atoms with Gasteiger partial charge in [0.2, 0.25) is 0 Å². The Labute approximate surface area is 111 Å². The lowest BCUT2D eigenvalue weighted by atomic mass is 10.2. The van der Waals surface area contributed by atoms with Gasteiger partial charge in [0.25, 0.3) is 0 Å². The summed E-state index contributed by atoms with van der Waals surface area (Å²) >= 11 is 0. The minimum Gasteiger partial charge on any atom is -0.488 e. The molecule has 4 heteroatoms. The second kappa shape index (κ2) is 6.54. The van der Waals surface area contributed by atoms with E-state index in [9.17, 15) is 4.39 Å². The Morgan fingerprint density at radius 2 is 1.89 bits per heavy atom. The molecule has 0 fully saturated rings. The minimum atomic E-state index is -0.260. The van der Waals surface area contributed by atoms with Gasteiger partial charge >= 0.3 is 0 Å². The van der Waals surface area contributed by atoms with Crippen LogP contribution in [0.1, 0.15) is 11.1 Å². The van der Waals surface area contributed by atoms with E-state index < -0.39 is 0 Å². The predicted octanol–water partition coefficient (Wildman–Crippen LogP) is 2.96. The zero-order valence-electron chi connectivity index (χ0n) is 10.6. The molecule has 0 saturated heterocycles. The number of nitrogens with one attached hydrogen (secondary N) is 1. The molecule has 1 N–H and O–H groups in total. The van der Waals surface area contributed by atoms with Crippen molar-refractivity contribution in [2.75, 3.05) is 7.05 Å². The monoisotopic (exact) mass is 258 g/mol. The molecule has 0 atom stereocenters. The van der Waals surface area contributed by atoms with Crippen molar-refractivity contribution in [3.05, 3.63) is 65.5 Å². The fraction of sp³-hybridized carbons (Fsp3) is 0.133. The summed E-state index contributed by atoms with van der Waals surface area (Å²) in [7, 11) is 1.72. The molecular formula is C15H15FN2O. The van der Waals surface area contributed by atoms with Crippen LogP contribution >= 0.6 is 0 Å². The molecule has 2 aromatic carbocycles. The number of para-hydroxylation sites is 1. The number of rotatable bonds is 5. The SMILES string of the molecule is CN/N=C/c1ccccc1OCc1ccccc1F. The van der Waals surface area contributed by atoms with Crippen molar-refractivity contribution >= 4 is 6.21 Å². The van der Waals surface area contributed by atoms with Crippen LogP contribution in [0.5, 0.6) is 5.75 Å². The largest absolute Gasteiger partial charge is 0.488 e. The van der Waals surface area contributed by atoms with Gasteiger partial charge in [-0.15, -0.1) is 0 Å². The molecule has 0 bridgehead atoms. The van der Waals surface area contributed by atoms with Crippen LogP contribution in [0.2, 0.25) is 0 Å². The van der Waals surface area contributed by atoms with E-state index in [2.05, 4.69) is 10.5 Å². The number of halogens is 1. The number of hydrogen-bond acceptors (Lipinski definition) is 3.